The molecule has 112 valence electrons. The Kier molecular flexibility index (Phi) is 5.66. The normalized spacial score (nSPS) is 16.9. The van der Waals surface area contributed by atoms with Crippen molar-refractivity contribution in [1.29, 1.82) is 0 Å². The lowest BCUT2D eigenvalue weighted by molar-refractivity contribution is -0.144. The highest BCUT2D eigenvalue weighted by molar-refractivity contribution is 6.45. The van der Waals surface area contributed by atoms with E-state index in [1.54, 1.807) is 0 Å². The molecule has 7 heteroatoms. The van der Waals surface area contributed by atoms with Crippen molar-refractivity contribution in [2.75, 3.05) is 13.1 Å². The maximum absolute atomic E-state index is 12.0. The van der Waals surface area contributed by atoms with Crippen molar-refractivity contribution in [2.24, 2.45) is 0 Å². The first-order chi connectivity index (χ1) is 9.42. The molecule has 0 unspecified atom stereocenters. The monoisotopic (exact) mass is 283 g/mol. The number of amides is 5. The highest BCUT2D eigenvalue weighted by atomic mass is 16.2. The third kappa shape index (κ3) is 3.55. The summed E-state index contributed by atoms with van der Waals surface area (Å²) in [6.07, 6.45) is 2.19. The summed E-state index contributed by atoms with van der Waals surface area (Å²) in [7, 11) is 0. The minimum absolute atomic E-state index is 0.0396. The van der Waals surface area contributed by atoms with Crippen LogP contribution in [0, 0.1) is 0 Å². The Morgan fingerprint density at radius 2 is 1.75 bits per heavy atom. The first-order valence-electron chi connectivity index (χ1n) is 6.89. The van der Waals surface area contributed by atoms with Gasteiger partial charge < -0.3 is 5.32 Å². The summed E-state index contributed by atoms with van der Waals surface area (Å²) in [6, 6.07) is -0.741. The Morgan fingerprint density at radius 1 is 1.15 bits per heavy atom. The zero-order valence-electron chi connectivity index (χ0n) is 12.1. The summed E-state index contributed by atoms with van der Waals surface area (Å²) in [6.45, 7) is 5.46. The van der Waals surface area contributed by atoms with Gasteiger partial charge in [-0.2, -0.15) is 0 Å². The minimum Gasteiger partial charge on any atom is -0.352 e. The fourth-order valence-electron chi connectivity index (χ4n) is 1.77. The fourth-order valence-corrected chi connectivity index (χ4v) is 1.77. The van der Waals surface area contributed by atoms with Crippen LogP contribution in [0.5, 0.6) is 0 Å². The van der Waals surface area contributed by atoms with E-state index in [1.807, 2.05) is 20.8 Å². The minimum atomic E-state index is -0.926. The number of carbonyl (C=O) groups excluding carboxylic acids is 4. The van der Waals surface area contributed by atoms with Gasteiger partial charge in [0.05, 0.1) is 0 Å². The van der Waals surface area contributed by atoms with Gasteiger partial charge in [-0.15, -0.1) is 0 Å². The van der Waals surface area contributed by atoms with Crippen molar-refractivity contribution in [1.82, 2.24) is 15.1 Å². The molecule has 1 fully saturated rings. The van der Waals surface area contributed by atoms with Crippen LogP contribution in [-0.4, -0.2) is 52.7 Å². The molecule has 1 aliphatic heterocycles. The van der Waals surface area contributed by atoms with Crippen molar-refractivity contribution in [3.05, 3.63) is 0 Å². The van der Waals surface area contributed by atoms with Gasteiger partial charge in [-0.3, -0.25) is 19.3 Å². The van der Waals surface area contributed by atoms with Crippen molar-refractivity contribution in [2.45, 2.75) is 46.1 Å². The highest BCUT2D eigenvalue weighted by Gasteiger charge is 2.44. The van der Waals surface area contributed by atoms with E-state index < -0.39 is 30.3 Å². The van der Waals surface area contributed by atoms with Crippen molar-refractivity contribution in [3.8, 4) is 0 Å². The molecule has 1 N–H and O–H groups in total. The number of carbonyl (C=O) groups is 4. The lowest BCUT2D eigenvalue weighted by Gasteiger charge is -2.16. The predicted molar refractivity (Wildman–Crippen MR) is 71.6 cm³/mol. The van der Waals surface area contributed by atoms with Crippen LogP contribution in [0.25, 0.3) is 0 Å². The van der Waals surface area contributed by atoms with Gasteiger partial charge in [-0.1, -0.05) is 20.3 Å². The van der Waals surface area contributed by atoms with E-state index in [-0.39, 0.29) is 12.6 Å². The molecule has 1 rings (SSSR count). The Morgan fingerprint density at radius 3 is 2.30 bits per heavy atom. The molecular formula is C13H21N3O4. The molecule has 1 saturated heterocycles. The van der Waals surface area contributed by atoms with Gasteiger partial charge in [-0.05, 0) is 19.8 Å². The first-order valence-corrected chi connectivity index (χ1v) is 6.89. The number of hydrogen-bond donors (Lipinski definition) is 1. The number of nitrogens with zero attached hydrogens (tertiary/aromatic N) is 2. The maximum Gasteiger partial charge on any atom is 0.334 e. The molecule has 0 bridgehead atoms. The third-order valence-corrected chi connectivity index (χ3v) is 3.19. The molecular weight excluding hydrogens is 262 g/mol. The molecule has 5 amide bonds. The summed E-state index contributed by atoms with van der Waals surface area (Å²) in [5, 5.41) is 2.66. The van der Waals surface area contributed by atoms with Crippen LogP contribution in [0.4, 0.5) is 4.79 Å². The van der Waals surface area contributed by atoms with E-state index in [9.17, 15) is 19.2 Å². The second-order valence-electron chi connectivity index (χ2n) is 4.86. The molecule has 0 aromatic carbocycles. The number of hydrogen-bond acceptors (Lipinski definition) is 4. The van der Waals surface area contributed by atoms with Crippen LogP contribution in [-0.2, 0) is 14.4 Å². The van der Waals surface area contributed by atoms with Crippen LogP contribution in [0.2, 0.25) is 0 Å². The molecule has 0 aromatic heterocycles. The number of nitrogens with one attached hydrogen (secondary N) is 1. The Labute approximate surface area is 118 Å². The quantitative estimate of drug-likeness (QED) is 0.544. The van der Waals surface area contributed by atoms with E-state index >= 15 is 0 Å². The van der Waals surface area contributed by atoms with E-state index in [1.165, 1.54) is 0 Å². The molecule has 1 heterocycles. The van der Waals surface area contributed by atoms with Crippen LogP contribution in [0.1, 0.15) is 40.0 Å². The summed E-state index contributed by atoms with van der Waals surface area (Å²) in [5.74, 6) is -2.21. The first kappa shape index (κ1) is 16.1. The smallest absolute Gasteiger partial charge is 0.334 e. The van der Waals surface area contributed by atoms with Gasteiger partial charge in [0.1, 0.15) is 6.54 Å². The van der Waals surface area contributed by atoms with Gasteiger partial charge >= 0.3 is 17.8 Å². The summed E-state index contributed by atoms with van der Waals surface area (Å²) in [4.78, 5) is 48.7. The third-order valence-electron chi connectivity index (χ3n) is 3.19. The standard InChI is InChI=1S/C13H21N3O4/c1-4-6-7-15-11(18)12(19)16(13(15)20)8-10(17)14-9(3)5-2/h9H,4-8H2,1-3H3,(H,14,17)/t9-/m1/s1. The van der Waals surface area contributed by atoms with Gasteiger partial charge in [0.15, 0.2) is 0 Å². The molecule has 0 spiro atoms. The molecule has 0 aliphatic carbocycles. The lowest BCUT2D eigenvalue weighted by atomic mass is 10.2. The van der Waals surface area contributed by atoms with Crippen molar-refractivity contribution < 1.29 is 19.2 Å². The zero-order valence-corrected chi connectivity index (χ0v) is 12.1. The van der Waals surface area contributed by atoms with E-state index in [2.05, 4.69) is 5.32 Å². The Bertz CT molecular complexity index is 422. The van der Waals surface area contributed by atoms with E-state index in [0.717, 1.165) is 17.7 Å². The molecule has 20 heavy (non-hydrogen) atoms. The second kappa shape index (κ2) is 7.02. The highest BCUT2D eigenvalue weighted by Crippen LogP contribution is 2.12. The zero-order chi connectivity index (χ0) is 15.3. The van der Waals surface area contributed by atoms with Gasteiger partial charge in [0, 0.05) is 12.6 Å². The average molecular weight is 283 g/mol. The van der Waals surface area contributed by atoms with Crippen LogP contribution >= 0.6 is 0 Å². The summed E-state index contributed by atoms with van der Waals surface area (Å²) < 4.78 is 0. The van der Waals surface area contributed by atoms with Gasteiger partial charge in [0.25, 0.3) is 0 Å². The number of unbranched alkanes of at least 4 members (excludes halogenated alkanes) is 1. The van der Waals surface area contributed by atoms with Gasteiger partial charge in [0.2, 0.25) is 5.91 Å². The SMILES string of the molecule is CCCCN1C(=O)C(=O)N(CC(=O)N[C@H](C)CC)C1=O. The number of urea groups is 1. The van der Waals surface area contributed by atoms with Crippen LogP contribution in [0.3, 0.4) is 0 Å². The topological polar surface area (TPSA) is 86.8 Å². The van der Waals surface area contributed by atoms with Crippen molar-refractivity contribution >= 4 is 23.8 Å². The Balaban J connectivity index is 2.66. The maximum atomic E-state index is 12.0. The molecule has 1 aliphatic rings. The average Bonchev–Trinajstić information content (AvgIpc) is 2.61. The number of imide groups is 2. The van der Waals surface area contributed by atoms with E-state index in [4.69, 9.17) is 0 Å². The van der Waals surface area contributed by atoms with Gasteiger partial charge in [-0.25, -0.2) is 9.69 Å². The number of rotatable bonds is 7. The molecule has 1 atom stereocenters. The van der Waals surface area contributed by atoms with Crippen LogP contribution in [0.15, 0.2) is 0 Å². The lowest BCUT2D eigenvalue weighted by Crippen LogP contribution is -2.43. The fraction of sp³-hybridized carbons (Fsp3) is 0.692. The Hall–Kier alpha value is -1.92. The van der Waals surface area contributed by atoms with Crippen LogP contribution < -0.4 is 5.32 Å². The summed E-state index contributed by atoms with van der Waals surface area (Å²) in [5.41, 5.74) is 0. The largest absolute Gasteiger partial charge is 0.352 e. The predicted octanol–water partition coefficient (Wildman–Crippen LogP) is 0.492. The van der Waals surface area contributed by atoms with Crippen molar-refractivity contribution in [3.63, 3.8) is 0 Å². The van der Waals surface area contributed by atoms with E-state index in [0.29, 0.717) is 11.3 Å². The molecule has 7 nitrogen and oxygen atoms in total. The summed E-state index contributed by atoms with van der Waals surface area (Å²) >= 11 is 0. The molecule has 0 radical (unpaired) electrons. The molecule has 0 saturated carbocycles. The second-order valence-corrected chi connectivity index (χ2v) is 4.86. The molecule has 0 aromatic rings.